The minimum Gasteiger partial charge on any atom is -0.462 e. The Balaban J connectivity index is 4.29. The van der Waals surface area contributed by atoms with Crippen LogP contribution in [0.3, 0.4) is 0 Å². The van der Waals surface area contributed by atoms with Gasteiger partial charge in [-0.3, -0.25) is 14.4 Å². The maximum absolute atomic E-state index is 12.8. The number of esters is 3. The Hall–Kier alpha value is -4.71. The van der Waals surface area contributed by atoms with Crippen LogP contribution in [0.1, 0.15) is 252 Å². The SMILES string of the molecule is CC/C=C\C/C=C\C/C=C\C/C=C\C/C=C\C/C=C\C/C=C\C/C=C\C/C=C\CCCCCC(=O)OCC(COC(=O)CCCCCCCCC)OC(=O)CCCCCCCC/C=C\C/C=C\C/C=C\CCCCC. The first kappa shape index (κ1) is 70.3. The van der Waals surface area contributed by atoms with Crippen LogP contribution in [0.4, 0.5) is 0 Å². The summed E-state index contributed by atoms with van der Waals surface area (Å²) in [5.41, 5.74) is 0. The summed E-state index contributed by atoms with van der Waals surface area (Å²) in [6.07, 6.45) is 88.6. The van der Waals surface area contributed by atoms with E-state index in [2.05, 4.69) is 167 Å². The lowest BCUT2D eigenvalue weighted by Gasteiger charge is -2.18. The third-order valence-electron chi connectivity index (χ3n) is 12.3. The molecule has 1 atom stereocenters. The molecule has 0 aromatic rings. The predicted molar refractivity (Wildman–Crippen MR) is 325 cm³/mol. The number of hydrogen-bond acceptors (Lipinski definition) is 6. The summed E-state index contributed by atoms with van der Waals surface area (Å²) in [6, 6.07) is 0. The molecule has 6 nitrogen and oxygen atoms in total. The van der Waals surface area contributed by atoms with Crippen molar-refractivity contribution in [3.63, 3.8) is 0 Å². The van der Waals surface area contributed by atoms with Gasteiger partial charge in [0.05, 0.1) is 0 Å². The minimum absolute atomic E-state index is 0.0983. The minimum atomic E-state index is -0.802. The van der Waals surface area contributed by atoms with E-state index in [0.717, 1.165) is 148 Å². The lowest BCUT2D eigenvalue weighted by molar-refractivity contribution is -0.167. The van der Waals surface area contributed by atoms with Crippen molar-refractivity contribution in [2.75, 3.05) is 13.2 Å². The molecule has 0 aliphatic heterocycles. The summed E-state index contributed by atoms with van der Waals surface area (Å²) in [6.45, 7) is 6.40. The lowest BCUT2D eigenvalue weighted by atomic mass is 10.1. The van der Waals surface area contributed by atoms with Crippen LogP contribution >= 0.6 is 0 Å². The Kier molecular flexibility index (Phi) is 58.0. The molecule has 0 aromatic carbocycles. The Bertz CT molecular complexity index is 1660. The second-order valence-corrected chi connectivity index (χ2v) is 19.5. The van der Waals surface area contributed by atoms with E-state index < -0.39 is 6.10 Å². The topological polar surface area (TPSA) is 78.9 Å². The zero-order chi connectivity index (χ0) is 54.3. The number of carbonyl (C=O) groups excluding carboxylic acids is 3. The molecule has 0 amide bonds. The highest BCUT2D eigenvalue weighted by atomic mass is 16.6. The van der Waals surface area contributed by atoms with Gasteiger partial charge in [0, 0.05) is 19.3 Å². The summed E-state index contributed by atoms with van der Waals surface area (Å²) in [4.78, 5) is 38.0. The van der Waals surface area contributed by atoms with Crippen LogP contribution in [0.5, 0.6) is 0 Å². The highest BCUT2D eigenvalue weighted by Gasteiger charge is 2.19. The van der Waals surface area contributed by atoms with Crippen molar-refractivity contribution in [2.45, 2.75) is 258 Å². The number of allylic oxidation sites excluding steroid dienone is 24. The molecule has 0 N–H and O–H groups in total. The Labute approximate surface area is 461 Å². The summed E-state index contributed by atoms with van der Waals surface area (Å²) in [5, 5.41) is 0. The van der Waals surface area contributed by atoms with Gasteiger partial charge in [-0.2, -0.15) is 0 Å². The van der Waals surface area contributed by atoms with Crippen molar-refractivity contribution in [2.24, 2.45) is 0 Å². The first-order chi connectivity index (χ1) is 37.0. The van der Waals surface area contributed by atoms with Gasteiger partial charge in [-0.25, -0.2) is 0 Å². The zero-order valence-corrected chi connectivity index (χ0v) is 48.3. The molecule has 0 rings (SSSR count). The highest BCUT2D eigenvalue weighted by molar-refractivity contribution is 5.71. The standard InChI is InChI=1S/C69H110O6/c1-4-7-10-13-16-18-20-22-24-26-28-29-30-31-32-33-34-35-36-37-38-39-41-42-44-46-48-50-53-56-59-62-68(71)74-65-66(64-73-67(70)61-58-55-52-15-12-9-6-3)75-69(72)63-60-57-54-51-49-47-45-43-40-27-25-23-21-19-17-14-11-8-5-2/h7,10,16-19,22-25,28-29,31-32,34-35,37-38,40-43,46,48,66H,4-6,8-9,11-15,20-21,26-27,30,33,36,39,44-45,47,49-65H2,1-3H3/b10-7-,18-16-,19-17-,24-22-,25-23-,29-28-,32-31-,35-34-,38-37-,42-41-,43-40-,48-46-. The van der Waals surface area contributed by atoms with Crippen molar-refractivity contribution in [3.8, 4) is 0 Å². The fraction of sp³-hybridized carbons (Fsp3) is 0.609. The fourth-order valence-electron chi connectivity index (χ4n) is 7.79. The highest BCUT2D eigenvalue weighted by Crippen LogP contribution is 2.13. The number of rotatable bonds is 53. The quantitative estimate of drug-likeness (QED) is 0.0261. The molecule has 6 heteroatoms. The summed E-state index contributed by atoms with van der Waals surface area (Å²) < 4.78 is 16.8. The van der Waals surface area contributed by atoms with Gasteiger partial charge in [-0.1, -0.05) is 250 Å². The molecule has 0 fully saturated rings. The maximum atomic E-state index is 12.8. The Morgan fingerprint density at radius 3 is 0.853 bits per heavy atom. The van der Waals surface area contributed by atoms with E-state index in [1.165, 1.54) is 64.2 Å². The zero-order valence-electron chi connectivity index (χ0n) is 48.3. The molecule has 0 aliphatic carbocycles. The van der Waals surface area contributed by atoms with Crippen molar-refractivity contribution >= 4 is 17.9 Å². The van der Waals surface area contributed by atoms with Crippen LogP contribution in [-0.4, -0.2) is 37.2 Å². The van der Waals surface area contributed by atoms with Crippen LogP contribution in [0, 0.1) is 0 Å². The molecule has 0 heterocycles. The summed E-state index contributed by atoms with van der Waals surface area (Å²) in [7, 11) is 0. The average molecular weight is 1040 g/mol. The van der Waals surface area contributed by atoms with E-state index in [-0.39, 0.29) is 31.1 Å². The molecule has 1 unspecified atom stereocenters. The van der Waals surface area contributed by atoms with Gasteiger partial charge in [0.25, 0.3) is 0 Å². The third kappa shape index (κ3) is 60.0. The van der Waals surface area contributed by atoms with Gasteiger partial charge < -0.3 is 14.2 Å². The maximum Gasteiger partial charge on any atom is 0.306 e. The second-order valence-electron chi connectivity index (χ2n) is 19.5. The molecule has 422 valence electrons. The number of unbranched alkanes of at least 4 members (excludes halogenated alkanes) is 18. The largest absolute Gasteiger partial charge is 0.462 e. The Morgan fingerprint density at radius 2 is 0.520 bits per heavy atom. The van der Waals surface area contributed by atoms with E-state index in [0.29, 0.717) is 19.3 Å². The van der Waals surface area contributed by atoms with Crippen LogP contribution in [0.2, 0.25) is 0 Å². The lowest BCUT2D eigenvalue weighted by Crippen LogP contribution is -2.30. The van der Waals surface area contributed by atoms with Crippen LogP contribution in [0.15, 0.2) is 146 Å². The van der Waals surface area contributed by atoms with E-state index in [1.807, 2.05) is 0 Å². The predicted octanol–water partition coefficient (Wildman–Crippen LogP) is 20.8. The van der Waals surface area contributed by atoms with Crippen molar-refractivity contribution in [3.05, 3.63) is 146 Å². The normalized spacial score (nSPS) is 13.2. The van der Waals surface area contributed by atoms with Gasteiger partial charge in [0.15, 0.2) is 6.10 Å². The van der Waals surface area contributed by atoms with Gasteiger partial charge >= 0.3 is 17.9 Å². The Morgan fingerprint density at radius 1 is 0.280 bits per heavy atom. The molecule has 0 saturated carbocycles. The summed E-state index contributed by atoms with van der Waals surface area (Å²) in [5.74, 6) is -0.957. The molecule has 0 spiro atoms. The van der Waals surface area contributed by atoms with E-state index in [1.54, 1.807) is 0 Å². The van der Waals surface area contributed by atoms with Gasteiger partial charge in [0.1, 0.15) is 13.2 Å². The van der Waals surface area contributed by atoms with E-state index in [4.69, 9.17) is 14.2 Å². The number of ether oxygens (including phenoxy) is 3. The average Bonchev–Trinajstić information content (AvgIpc) is 3.41. The molecule has 0 aromatic heterocycles. The van der Waals surface area contributed by atoms with Crippen molar-refractivity contribution < 1.29 is 28.6 Å². The molecule has 0 bridgehead atoms. The van der Waals surface area contributed by atoms with E-state index in [9.17, 15) is 14.4 Å². The van der Waals surface area contributed by atoms with Crippen molar-refractivity contribution in [1.29, 1.82) is 0 Å². The number of carbonyl (C=O) groups is 3. The van der Waals surface area contributed by atoms with Crippen LogP contribution in [-0.2, 0) is 28.6 Å². The molecular formula is C69H110O6. The van der Waals surface area contributed by atoms with Gasteiger partial charge in [0.2, 0.25) is 0 Å². The first-order valence-electron chi connectivity index (χ1n) is 30.3. The molecule has 75 heavy (non-hydrogen) atoms. The second kappa shape index (κ2) is 61.8. The van der Waals surface area contributed by atoms with Crippen molar-refractivity contribution in [1.82, 2.24) is 0 Å². The van der Waals surface area contributed by atoms with Crippen LogP contribution < -0.4 is 0 Å². The molecule has 0 saturated heterocycles. The molecule has 0 radical (unpaired) electrons. The molecule has 0 aliphatic rings. The molecular weight excluding hydrogens is 925 g/mol. The first-order valence-corrected chi connectivity index (χ1v) is 30.3. The fourth-order valence-corrected chi connectivity index (χ4v) is 7.79. The summed E-state index contributed by atoms with van der Waals surface area (Å²) >= 11 is 0. The van der Waals surface area contributed by atoms with E-state index >= 15 is 0 Å². The number of hydrogen-bond donors (Lipinski definition) is 0. The van der Waals surface area contributed by atoms with Gasteiger partial charge in [-0.05, 0) is 128 Å². The van der Waals surface area contributed by atoms with Gasteiger partial charge in [-0.15, -0.1) is 0 Å². The monoisotopic (exact) mass is 1030 g/mol. The third-order valence-corrected chi connectivity index (χ3v) is 12.3. The van der Waals surface area contributed by atoms with Crippen LogP contribution in [0.25, 0.3) is 0 Å². The smallest absolute Gasteiger partial charge is 0.306 e.